The molecule has 1 unspecified atom stereocenters. The lowest BCUT2D eigenvalue weighted by Gasteiger charge is -2.22. The average Bonchev–Trinajstić information content (AvgIpc) is 3.31. The molecule has 2 N–H and O–H groups in total. The molecule has 3 heterocycles. The lowest BCUT2D eigenvalue weighted by atomic mass is 10.2. The zero-order chi connectivity index (χ0) is 19.0. The fraction of sp³-hybridized carbons (Fsp3) is 0.471. The number of hydrogen-bond donors (Lipinski definition) is 1. The van der Waals surface area contributed by atoms with Gasteiger partial charge in [-0.1, -0.05) is 0 Å². The van der Waals surface area contributed by atoms with Gasteiger partial charge in [0, 0.05) is 43.6 Å². The van der Waals surface area contributed by atoms with Crippen LogP contribution in [-0.4, -0.2) is 53.3 Å². The Hall–Kier alpha value is -3.17. The van der Waals surface area contributed by atoms with Gasteiger partial charge < -0.3 is 20.3 Å². The highest BCUT2D eigenvalue weighted by Crippen LogP contribution is 2.32. The molecule has 2 aliphatic heterocycles. The van der Waals surface area contributed by atoms with E-state index in [0.29, 0.717) is 36.8 Å². The first-order valence-electron chi connectivity index (χ1n) is 8.93. The molecule has 1 aromatic carbocycles. The zero-order valence-electron chi connectivity index (χ0n) is 14.7. The van der Waals surface area contributed by atoms with E-state index in [4.69, 9.17) is 15.5 Å². The van der Waals surface area contributed by atoms with Gasteiger partial charge in [-0.05, 0) is 18.9 Å². The van der Waals surface area contributed by atoms with Crippen LogP contribution in [0.1, 0.15) is 19.3 Å². The maximum absolute atomic E-state index is 11.2. The third-order valence-electron chi connectivity index (χ3n) is 4.98. The van der Waals surface area contributed by atoms with E-state index in [0.717, 1.165) is 31.3 Å². The Morgan fingerprint density at radius 1 is 1.22 bits per heavy atom. The van der Waals surface area contributed by atoms with Crippen molar-refractivity contribution in [3.63, 3.8) is 0 Å². The number of aromatic nitrogens is 2. The van der Waals surface area contributed by atoms with Crippen LogP contribution in [0.15, 0.2) is 18.2 Å². The second-order valence-electron chi connectivity index (χ2n) is 6.79. The molecule has 2 fully saturated rings. The molecular formula is C17H20N6O4. The fourth-order valence-electron chi connectivity index (χ4n) is 3.68. The molecular weight excluding hydrogens is 352 g/mol. The van der Waals surface area contributed by atoms with E-state index >= 15 is 0 Å². The molecule has 4 rings (SSSR count). The van der Waals surface area contributed by atoms with E-state index in [1.807, 2.05) is 4.90 Å². The molecule has 2 saturated heterocycles. The molecule has 1 aromatic heterocycles. The number of nitro groups is 1. The summed E-state index contributed by atoms with van der Waals surface area (Å²) in [6.07, 6.45) is 1.72. The Balaban J connectivity index is 1.75. The van der Waals surface area contributed by atoms with Crippen molar-refractivity contribution in [1.29, 1.82) is 0 Å². The number of fused-ring (bicyclic) bond motifs is 1. The van der Waals surface area contributed by atoms with E-state index in [2.05, 4.69) is 9.88 Å². The Morgan fingerprint density at radius 2 is 2.00 bits per heavy atom. The molecule has 27 heavy (non-hydrogen) atoms. The van der Waals surface area contributed by atoms with Gasteiger partial charge in [0.05, 0.1) is 17.0 Å². The summed E-state index contributed by atoms with van der Waals surface area (Å²) >= 11 is 0. The topological polar surface area (TPSA) is 128 Å². The summed E-state index contributed by atoms with van der Waals surface area (Å²) in [4.78, 5) is 35.2. The van der Waals surface area contributed by atoms with Gasteiger partial charge in [0.25, 0.3) is 5.69 Å². The minimum atomic E-state index is -0.789. The van der Waals surface area contributed by atoms with E-state index in [1.54, 1.807) is 6.07 Å². The second-order valence-corrected chi connectivity index (χ2v) is 6.79. The van der Waals surface area contributed by atoms with Crippen LogP contribution in [0.3, 0.4) is 0 Å². The first kappa shape index (κ1) is 17.3. The molecule has 2 aromatic rings. The van der Waals surface area contributed by atoms with Gasteiger partial charge in [0.1, 0.15) is 11.9 Å². The lowest BCUT2D eigenvalue weighted by Crippen LogP contribution is -2.28. The minimum Gasteiger partial charge on any atom is -0.444 e. The number of ether oxygens (including phenoxy) is 1. The van der Waals surface area contributed by atoms with Crippen LogP contribution in [-0.2, 0) is 4.74 Å². The summed E-state index contributed by atoms with van der Waals surface area (Å²) < 4.78 is 5.11. The molecule has 0 radical (unpaired) electrons. The molecule has 142 valence electrons. The highest BCUT2D eigenvalue weighted by Gasteiger charge is 2.29. The van der Waals surface area contributed by atoms with Crippen molar-refractivity contribution in [2.24, 2.45) is 5.73 Å². The van der Waals surface area contributed by atoms with Gasteiger partial charge in [-0.15, -0.1) is 0 Å². The van der Waals surface area contributed by atoms with Gasteiger partial charge in [-0.3, -0.25) is 10.1 Å². The molecule has 0 saturated carbocycles. The van der Waals surface area contributed by atoms with E-state index in [-0.39, 0.29) is 11.8 Å². The number of hydrogen-bond acceptors (Lipinski definition) is 8. The summed E-state index contributed by atoms with van der Waals surface area (Å²) in [5, 5.41) is 11.9. The number of anilines is 2. The van der Waals surface area contributed by atoms with Gasteiger partial charge in [0.2, 0.25) is 5.95 Å². The maximum Gasteiger partial charge on any atom is 0.404 e. The standard InChI is InChI=1S/C17H20N6O4/c18-16(24)27-12-5-8-22(10-12)15-13-4-3-11(23(25)26)9-14(13)19-17(20-15)21-6-1-2-7-21/h3-4,9,12H,1-2,5-8,10H2,(H2,18,24). The van der Waals surface area contributed by atoms with E-state index in [1.165, 1.54) is 12.1 Å². The van der Waals surface area contributed by atoms with Crippen molar-refractivity contribution >= 4 is 34.4 Å². The highest BCUT2D eigenvalue weighted by atomic mass is 16.6. The lowest BCUT2D eigenvalue weighted by molar-refractivity contribution is -0.384. The first-order valence-corrected chi connectivity index (χ1v) is 8.93. The van der Waals surface area contributed by atoms with Crippen molar-refractivity contribution < 1.29 is 14.5 Å². The smallest absolute Gasteiger partial charge is 0.404 e. The van der Waals surface area contributed by atoms with Crippen molar-refractivity contribution in [2.45, 2.75) is 25.4 Å². The number of rotatable bonds is 4. The molecule has 0 spiro atoms. The zero-order valence-corrected chi connectivity index (χ0v) is 14.7. The Bertz CT molecular complexity index is 898. The molecule has 0 bridgehead atoms. The molecule has 0 aliphatic carbocycles. The Morgan fingerprint density at radius 3 is 2.70 bits per heavy atom. The number of non-ortho nitro benzene ring substituents is 1. The predicted octanol–water partition coefficient (Wildman–Crippen LogP) is 1.81. The minimum absolute atomic E-state index is 0.00381. The molecule has 1 atom stereocenters. The van der Waals surface area contributed by atoms with Crippen LogP contribution in [0, 0.1) is 10.1 Å². The molecule has 1 amide bonds. The van der Waals surface area contributed by atoms with Crippen molar-refractivity contribution in [1.82, 2.24) is 9.97 Å². The number of amides is 1. The largest absolute Gasteiger partial charge is 0.444 e. The molecule has 10 nitrogen and oxygen atoms in total. The number of carbonyl (C=O) groups is 1. The number of carbonyl (C=O) groups excluding carboxylic acids is 1. The van der Waals surface area contributed by atoms with Crippen molar-refractivity contribution in [3.8, 4) is 0 Å². The molecule has 2 aliphatic rings. The quantitative estimate of drug-likeness (QED) is 0.636. The van der Waals surface area contributed by atoms with Crippen LogP contribution in [0.2, 0.25) is 0 Å². The number of primary amides is 1. The van der Waals surface area contributed by atoms with E-state index in [9.17, 15) is 14.9 Å². The first-order chi connectivity index (χ1) is 13.0. The van der Waals surface area contributed by atoms with Crippen molar-refractivity contribution in [2.75, 3.05) is 36.0 Å². The number of nitro benzene ring substituents is 1. The second kappa shape index (κ2) is 6.86. The maximum atomic E-state index is 11.2. The summed E-state index contributed by atoms with van der Waals surface area (Å²) in [7, 11) is 0. The van der Waals surface area contributed by atoms with Crippen LogP contribution in [0.4, 0.5) is 22.2 Å². The third-order valence-corrected chi connectivity index (χ3v) is 4.98. The van der Waals surface area contributed by atoms with Gasteiger partial charge in [-0.2, -0.15) is 4.98 Å². The van der Waals surface area contributed by atoms with Gasteiger partial charge in [0.15, 0.2) is 0 Å². The summed E-state index contributed by atoms with van der Waals surface area (Å²) in [5.74, 6) is 1.28. The van der Waals surface area contributed by atoms with Crippen LogP contribution < -0.4 is 15.5 Å². The Kier molecular flexibility index (Phi) is 4.38. The van der Waals surface area contributed by atoms with Crippen LogP contribution in [0.25, 0.3) is 10.9 Å². The number of nitrogens with two attached hydrogens (primary N) is 1. The highest BCUT2D eigenvalue weighted by molar-refractivity contribution is 5.92. The van der Waals surface area contributed by atoms with Crippen LogP contribution >= 0.6 is 0 Å². The van der Waals surface area contributed by atoms with Crippen molar-refractivity contribution in [3.05, 3.63) is 28.3 Å². The van der Waals surface area contributed by atoms with Gasteiger partial charge >= 0.3 is 6.09 Å². The van der Waals surface area contributed by atoms with E-state index < -0.39 is 11.0 Å². The predicted molar refractivity (Wildman–Crippen MR) is 98.9 cm³/mol. The fourth-order valence-corrected chi connectivity index (χ4v) is 3.68. The number of nitrogens with zero attached hydrogens (tertiary/aromatic N) is 5. The van der Waals surface area contributed by atoms with Gasteiger partial charge in [-0.25, -0.2) is 9.78 Å². The SMILES string of the molecule is NC(=O)OC1CCN(c2nc(N3CCCC3)nc3cc([N+](=O)[O-])ccc23)C1. The summed E-state index contributed by atoms with van der Waals surface area (Å²) in [6.45, 7) is 2.87. The monoisotopic (exact) mass is 372 g/mol. The number of benzene rings is 1. The summed E-state index contributed by atoms with van der Waals surface area (Å²) in [5.41, 5.74) is 5.66. The molecule has 10 heteroatoms. The average molecular weight is 372 g/mol. The third kappa shape index (κ3) is 3.42. The normalized spacial score (nSPS) is 19.6. The Labute approximate surface area is 155 Å². The summed E-state index contributed by atoms with van der Waals surface area (Å²) in [6, 6.07) is 4.62. The van der Waals surface area contributed by atoms with Crippen LogP contribution in [0.5, 0.6) is 0 Å².